The summed E-state index contributed by atoms with van der Waals surface area (Å²) in [7, 11) is 0. The molecule has 0 fully saturated rings. The maximum atomic E-state index is 9.53. The zero-order valence-electron chi connectivity index (χ0n) is 10.5. The van der Waals surface area contributed by atoms with Crippen LogP contribution in [-0.2, 0) is 12.8 Å². The van der Waals surface area contributed by atoms with Crippen molar-refractivity contribution < 1.29 is 5.11 Å². The molecule has 0 aromatic heterocycles. The van der Waals surface area contributed by atoms with Crippen LogP contribution in [0.2, 0.25) is 5.02 Å². The molecular weight excluding hydrogens is 371 g/mol. The summed E-state index contributed by atoms with van der Waals surface area (Å²) in [6, 6.07) is 16.3. The van der Waals surface area contributed by atoms with Crippen molar-refractivity contribution in [3.05, 3.63) is 68.3 Å². The molecule has 0 saturated carbocycles. The van der Waals surface area contributed by atoms with E-state index in [1.165, 1.54) is 14.7 Å². The van der Waals surface area contributed by atoms with Gasteiger partial charge in [0.15, 0.2) is 0 Å². The van der Waals surface area contributed by atoms with E-state index in [0.717, 1.165) is 17.9 Å². The highest BCUT2D eigenvalue weighted by Gasteiger charge is 2.10. The Morgan fingerprint density at radius 3 is 1.84 bits per heavy atom. The molecule has 2 aromatic carbocycles. The van der Waals surface area contributed by atoms with Crippen molar-refractivity contribution in [3.8, 4) is 0 Å². The van der Waals surface area contributed by atoms with E-state index in [1.54, 1.807) is 0 Å². The van der Waals surface area contributed by atoms with Gasteiger partial charge in [0, 0.05) is 15.2 Å². The van der Waals surface area contributed by atoms with Crippen molar-refractivity contribution in [1.29, 1.82) is 0 Å². The van der Waals surface area contributed by atoms with Gasteiger partial charge in [-0.3, -0.25) is 0 Å². The molecule has 0 aliphatic carbocycles. The molecule has 1 nitrogen and oxygen atoms in total. The number of halogens is 2. The van der Waals surface area contributed by atoms with Crippen LogP contribution >= 0.6 is 34.2 Å². The summed E-state index contributed by atoms with van der Waals surface area (Å²) in [5.74, 6) is 0.251. The topological polar surface area (TPSA) is 20.2 Å². The second-order valence-electron chi connectivity index (χ2n) is 4.71. The van der Waals surface area contributed by atoms with Gasteiger partial charge in [0.05, 0.1) is 0 Å². The lowest BCUT2D eigenvalue weighted by Crippen LogP contribution is -2.13. The maximum absolute atomic E-state index is 9.53. The third-order valence-electron chi connectivity index (χ3n) is 3.13. The quantitative estimate of drug-likeness (QED) is 0.758. The molecular formula is C16H16ClIO. The SMILES string of the molecule is OCC(Cc1ccc(Cl)cc1)Cc1ccc(I)cc1. The molecule has 3 heteroatoms. The predicted octanol–water partition coefficient (Wildman–Crippen LogP) is 4.34. The first kappa shape index (κ1) is 14.8. The van der Waals surface area contributed by atoms with E-state index in [1.807, 2.05) is 24.3 Å². The Hall–Kier alpha value is -0.580. The minimum absolute atomic E-state index is 0.203. The van der Waals surface area contributed by atoms with E-state index in [9.17, 15) is 5.11 Å². The van der Waals surface area contributed by atoms with E-state index < -0.39 is 0 Å². The fraction of sp³-hybridized carbons (Fsp3) is 0.250. The molecule has 100 valence electrons. The van der Waals surface area contributed by atoms with Crippen LogP contribution in [0.25, 0.3) is 0 Å². The minimum atomic E-state index is 0.203. The molecule has 0 saturated heterocycles. The number of hydrogen-bond donors (Lipinski definition) is 1. The van der Waals surface area contributed by atoms with Gasteiger partial charge in [0.1, 0.15) is 0 Å². The van der Waals surface area contributed by atoms with Gasteiger partial charge < -0.3 is 5.11 Å². The Kier molecular flexibility index (Phi) is 5.67. The first-order chi connectivity index (χ1) is 9.17. The molecule has 0 aliphatic heterocycles. The molecule has 0 amide bonds. The number of aliphatic hydroxyl groups excluding tert-OH is 1. The summed E-state index contributed by atoms with van der Waals surface area (Å²) in [6.07, 6.45) is 1.77. The largest absolute Gasteiger partial charge is 0.396 e. The van der Waals surface area contributed by atoms with Crippen LogP contribution in [0.3, 0.4) is 0 Å². The number of hydrogen-bond acceptors (Lipinski definition) is 1. The van der Waals surface area contributed by atoms with Crippen LogP contribution in [0.5, 0.6) is 0 Å². The van der Waals surface area contributed by atoms with Crippen molar-refractivity contribution in [2.75, 3.05) is 6.61 Å². The number of benzene rings is 2. The Bertz CT molecular complexity index is 460. The first-order valence-electron chi connectivity index (χ1n) is 6.27. The lowest BCUT2D eigenvalue weighted by Gasteiger charge is -2.14. The van der Waals surface area contributed by atoms with Gasteiger partial charge in [-0.2, -0.15) is 0 Å². The van der Waals surface area contributed by atoms with Gasteiger partial charge in [0.25, 0.3) is 0 Å². The zero-order chi connectivity index (χ0) is 13.7. The maximum Gasteiger partial charge on any atom is 0.0465 e. The molecule has 0 aliphatic rings. The van der Waals surface area contributed by atoms with Crippen molar-refractivity contribution >= 4 is 34.2 Å². The predicted molar refractivity (Wildman–Crippen MR) is 88.6 cm³/mol. The first-order valence-corrected chi connectivity index (χ1v) is 7.73. The lowest BCUT2D eigenvalue weighted by atomic mass is 9.93. The van der Waals surface area contributed by atoms with Crippen molar-refractivity contribution in [1.82, 2.24) is 0 Å². The Balaban J connectivity index is 2.00. The molecule has 1 atom stereocenters. The van der Waals surface area contributed by atoms with E-state index in [2.05, 4.69) is 46.9 Å². The highest BCUT2D eigenvalue weighted by molar-refractivity contribution is 14.1. The third kappa shape index (κ3) is 4.79. The molecule has 2 rings (SSSR count). The molecule has 1 N–H and O–H groups in total. The Morgan fingerprint density at radius 1 is 0.895 bits per heavy atom. The van der Waals surface area contributed by atoms with E-state index >= 15 is 0 Å². The lowest BCUT2D eigenvalue weighted by molar-refractivity contribution is 0.225. The summed E-state index contributed by atoms with van der Waals surface area (Å²) in [4.78, 5) is 0. The van der Waals surface area contributed by atoms with Gasteiger partial charge in [-0.1, -0.05) is 35.9 Å². The van der Waals surface area contributed by atoms with Crippen LogP contribution < -0.4 is 0 Å². The second-order valence-corrected chi connectivity index (χ2v) is 6.39. The fourth-order valence-electron chi connectivity index (χ4n) is 2.11. The van der Waals surface area contributed by atoms with Gasteiger partial charge in [0.2, 0.25) is 0 Å². The summed E-state index contributed by atoms with van der Waals surface area (Å²) < 4.78 is 1.24. The standard InChI is InChI=1S/C16H16ClIO/c17-15-5-1-12(2-6-15)9-14(11-19)10-13-3-7-16(18)8-4-13/h1-8,14,19H,9-11H2. The van der Waals surface area contributed by atoms with E-state index in [4.69, 9.17) is 11.6 Å². The molecule has 1 unspecified atom stereocenters. The minimum Gasteiger partial charge on any atom is -0.396 e. The van der Waals surface area contributed by atoms with Gasteiger partial charge in [-0.15, -0.1) is 0 Å². The summed E-state index contributed by atoms with van der Waals surface area (Å²) in [5.41, 5.74) is 2.49. The Morgan fingerprint density at radius 2 is 1.37 bits per heavy atom. The average molecular weight is 387 g/mol. The fourth-order valence-corrected chi connectivity index (χ4v) is 2.59. The van der Waals surface area contributed by atoms with Crippen LogP contribution in [0.15, 0.2) is 48.5 Å². The summed E-state index contributed by atoms with van der Waals surface area (Å²) >= 11 is 8.18. The molecule has 2 aromatic rings. The molecule has 0 heterocycles. The number of rotatable bonds is 5. The molecule has 0 spiro atoms. The van der Waals surface area contributed by atoms with Gasteiger partial charge in [-0.05, 0) is 76.7 Å². The van der Waals surface area contributed by atoms with Crippen molar-refractivity contribution in [2.45, 2.75) is 12.8 Å². The third-order valence-corrected chi connectivity index (χ3v) is 4.10. The van der Waals surface area contributed by atoms with Crippen molar-refractivity contribution in [2.24, 2.45) is 5.92 Å². The Labute approximate surface area is 132 Å². The molecule has 0 bridgehead atoms. The molecule has 0 radical (unpaired) electrons. The highest BCUT2D eigenvalue weighted by atomic mass is 127. The van der Waals surface area contributed by atoms with E-state index in [0.29, 0.717) is 0 Å². The average Bonchev–Trinajstić information content (AvgIpc) is 2.43. The van der Waals surface area contributed by atoms with Gasteiger partial charge >= 0.3 is 0 Å². The monoisotopic (exact) mass is 386 g/mol. The number of aliphatic hydroxyl groups is 1. The van der Waals surface area contributed by atoms with E-state index in [-0.39, 0.29) is 12.5 Å². The highest BCUT2D eigenvalue weighted by Crippen LogP contribution is 2.17. The molecule has 19 heavy (non-hydrogen) atoms. The van der Waals surface area contributed by atoms with Crippen LogP contribution in [0.1, 0.15) is 11.1 Å². The van der Waals surface area contributed by atoms with Crippen LogP contribution in [0.4, 0.5) is 0 Å². The second kappa shape index (κ2) is 7.27. The summed E-state index contributed by atoms with van der Waals surface area (Å²) in [6.45, 7) is 0.203. The van der Waals surface area contributed by atoms with Crippen molar-refractivity contribution in [3.63, 3.8) is 0 Å². The summed E-state index contributed by atoms with van der Waals surface area (Å²) in [5, 5.41) is 10.3. The van der Waals surface area contributed by atoms with Gasteiger partial charge in [-0.25, -0.2) is 0 Å². The van der Waals surface area contributed by atoms with Crippen LogP contribution in [-0.4, -0.2) is 11.7 Å². The van der Waals surface area contributed by atoms with Crippen LogP contribution in [0, 0.1) is 9.49 Å². The normalized spacial score (nSPS) is 12.4. The zero-order valence-corrected chi connectivity index (χ0v) is 13.4. The smallest absolute Gasteiger partial charge is 0.0465 e.